The molecule has 1 unspecified atom stereocenters. The Balaban J connectivity index is 2.25. The Morgan fingerprint density at radius 2 is 2.41 bits per heavy atom. The van der Waals surface area contributed by atoms with Crippen LogP contribution in [-0.4, -0.2) is 56.2 Å². The van der Waals surface area contributed by atoms with Crippen LogP contribution in [0, 0.1) is 0 Å². The van der Waals surface area contributed by atoms with E-state index >= 15 is 0 Å². The molecule has 1 rings (SSSR count). The largest absolute Gasteiger partial charge is 0.385 e. The average Bonchev–Trinajstić information content (AvgIpc) is 2.33. The van der Waals surface area contributed by atoms with Crippen molar-refractivity contribution < 1.29 is 9.53 Å². The SMILES string of the molecule is COCCCNC(=O)C(C)N1CCC[C@@H](N)C1. The molecule has 0 bridgehead atoms. The van der Waals surface area contributed by atoms with Gasteiger partial charge in [0.15, 0.2) is 0 Å². The Bertz CT molecular complexity index is 236. The van der Waals surface area contributed by atoms with Crippen LogP contribution in [0.1, 0.15) is 26.2 Å². The van der Waals surface area contributed by atoms with Crippen molar-refractivity contribution in [2.24, 2.45) is 5.73 Å². The zero-order valence-electron chi connectivity index (χ0n) is 10.9. The van der Waals surface area contributed by atoms with E-state index in [9.17, 15) is 4.79 Å². The van der Waals surface area contributed by atoms with Gasteiger partial charge in [-0.1, -0.05) is 0 Å². The van der Waals surface area contributed by atoms with Crippen molar-refractivity contribution in [2.45, 2.75) is 38.3 Å². The molecule has 2 atom stereocenters. The van der Waals surface area contributed by atoms with Crippen LogP contribution in [0.4, 0.5) is 0 Å². The van der Waals surface area contributed by atoms with Gasteiger partial charge in [0, 0.05) is 32.8 Å². The molecule has 5 nitrogen and oxygen atoms in total. The quantitative estimate of drug-likeness (QED) is 0.642. The van der Waals surface area contributed by atoms with Gasteiger partial charge in [0.1, 0.15) is 0 Å². The van der Waals surface area contributed by atoms with Crippen LogP contribution >= 0.6 is 0 Å². The first-order valence-corrected chi connectivity index (χ1v) is 6.41. The number of ether oxygens (including phenoxy) is 1. The van der Waals surface area contributed by atoms with Gasteiger partial charge in [-0.15, -0.1) is 0 Å². The lowest BCUT2D eigenvalue weighted by atomic mass is 10.0. The normalized spacial score (nSPS) is 23.4. The van der Waals surface area contributed by atoms with Crippen LogP contribution in [0.15, 0.2) is 0 Å². The number of hydrogen-bond donors (Lipinski definition) is 2. The molecule has 1 aliphatic heterocycles. The van der Waals surface area contributed by atoms with Crippen molar-refractivity contribution in [3.05, 3.63) is 0 Å². The maximum atomic E-state index is 11.9. The highest BCUT2D eigenvalue weighted by molar-refractivity contribution is 5.81. The molecule has 1 fully saturated rings. The fourth-order valence-electron chi connectivity index (χ4n) is 2.13. The average molecular weight is 243 g/mol. The van der Waals surface area contributed by atoms with Crippen molar-refractivity contribution in [2.75, 3.05) is 33.4 Å². The van der Waals surface area contributed by atoms with E-state index in [-0.39, 0.29) is 18.0 Å². The number of methoxy groups -OCH3 is 1. The third-order valence-corrected chi connectivity index (χ3v) is 3.24. The second-order valence-electron chi connectivity index (χ2n) is 4.71. The zero-order chi connectivity index (χ0) is 12.7. The number of piperidine rings is 1. The molecule has 0 aromatic heterocycles. The number of carbonyl (C=O) groups is 1. The summed E-state index contributed by atoms with van der Waals surface area (Å²) in [5.74, 6) is 0.0928. The summed E-state index contributed by atoms with van der Waals surface area (Å²) < 4.78 is 4.94. The van der Waals surface area contributed by atoms with Crippen LogP contribution in [-0.2, 0) is 9.53 Å². The summed E-state index contributed by atoms with van der Waals surface area (Å²) >= 11 is 0. The first kappa shape index (κ1) is 14.4. The van der Waals surface area contributed by atoms with Gasteiger partial charge < -0.3 is 15.8 Å². The fourth-order valence-corrected chi connectivity index (χ4v) is 2.13. The van der Waals surface area contributed by atoms with Gasteiger partial charge in [-0.2, -0.15) is 0 Å². The molecule has 0 aliphatic carbocycles. The monoisotopic (exact) mass is 243 g/mol. The van der Waals surface area contributed by atoms with E-state index in [0.717, 1.165) is 32.4 Å². The van der Waals surface area contributed by atoms with Gasteiger partial charge in [-0.05, 0) is 32.7 Å². The third-order valence-electron chi connectivity index (χ3n) is 3.24. The molecular weight excluding hydrogens is 218 g/mol. The molecule has 1 heterocycles. The zero-order valence-corrected chi connectivity index (χ0v) is 10.9. The molecule has 1 saturated heterocycles. The molecule has 5 heteroatoms. The van der Waals surface area contributed by atoms with E-state index in [0.29, 0.717) is 13.2 Å². The minimum Gasteiger partial charge on any atom is -0.385 e. The summed E-state index contributed by atoms with van der Waals surface area (Å²) in [6.07, 6.45) is 3.01. The molecular formula is C12H25N3O2. The molecule has 17 heavy (non-hydrogen) atoms. The van der Waals surface area contributed by atoms with Crippen molar-refractivity contribution in [3.8, 4) is 0 Å². The number of amides is 1. The number of nitrogens with two attached hydrogens (primary N) is 1. The van der Waals surface area contributed by atoms with Crippen molar-refractivity contribution in [1.82, 2.24) is 10.2 Å². The molecule has 0 radical (unpaired) electrons. The number of rotatable bonds is 6. The van der Waals surface area contributed by atoms with Crippen molar-refractivity contribution >= 4 is 5.91 Å². The number of likely N-dealkylation sites (tertiary alicyclic amines) is 1. The summed E-state index contributed by atoms with van der Waals surface area (Å²) in [4.78, 5) is 14.0. The predicted molar refractivity (Wildman–Crippen MR) is 67.7 cm³/mol. The van der Waals surface area contributed by atoms with E-state index in [1.54, 1.807) is 7.11 Å². The highest BCUT2D eigenvalue weighted by Gasteiger charge is 2.25. The highest BCUT2D eigenvalue weighted by atomic mass is 16.5. The maximum Gasteiger partial charge on any atom is 0.237 e. The molecule has 0 saturated carbocycles. The van der Waals surface area contributed by atoms with Crippen LogP contribution < -0.4 is 11.1 Å². The lowest BCUT2D eigenvalue weighted by Gasteiger charge is -2.34. The Kier molecular flexibility index (Phi) is 6.47. The first-order chi connectivity index (χ1) is 8.15. The molecule has 0 aromatic rings. The lowest BCUT2D eigenvalue weighted by Crippen LogP contribution is -2.52. The number of hydrogen-bond acceptors (Lipinski definition) is 4. The Morgan fingerprint density at radius 1 is 1.65 bits per heavy atom. The van der Waals surface area contributed by atoms with Crippen molar-refractivity contribution in [1.29, 1.82) is 0 Å². The van der Waals surface area contributed by atoms with E-state index in [4.69, 9.17) is 10.5 Å². The van der Waals surface area contributed by atoms with Gasteiger partial charge in [0.2, 0.25) is 5.91 Å². The minimum absolute atomic E-state index is 0.0797. The molecule has 1 aliphatic rings. The van der Waals surface area contributed by atoms with E-state index in [2.05, 4.69) is 10.2 Å². The number of nitrogens with one attached hydrogen (secondary N) is 1. The molecule has 3 N–H and O–H groups in total. The smallest absolute Gasteiger partial charge is 0.237 e. The van der Waals surface area contributed by atoms with Gasteiger partial charge in [-0.3, -0.25) is 9.69 Å². The van der Waals surface area contributed by atoms with Gasteiger partial charge in [-0.25, -0.2) is 0 Å². The standard InChI is InChI=1S/C12H25N3O2/c1-10(12(16)14-6-4-8-17-2)15-7-3-5-11(13)9-15/h10-11H,3-9,13H2,1-2H3,(H,14,16)/t10?,11-/m1/s1. The van der Waals surface area contributed by atoms with Gasteiger partial charge in [0.25, 0.3) is 0 Å². The number of carbonyl (C=O) groups excluding carboxylic acids is 1. The first-order valence-electron chi connectivity index (χ1n) is 6.41. The van der Waals surface area contributed by atoms with E-state index in [1.807, 2.05) is 6.92 Å². The molecule has 100 valence electrons. The predicted octanol–water partition coefficient (Wildman–Crippen LogP) is -0.0493. The lowest BCUT2D eigenvalue weighted by molar-refractivity contribution is -0.126. The third kappa shape index (κ3) is 5.02. The number of nitrogens with zero attached hydrogens (tertiary/aromatic N) is 1. The highest BCUT2D eigenvalue weighted by Crippen LogP contribution is 2.11. The summed E-state index contributed by atoms with van der Waals surface area (Å²) in [6, 6.07) is 0.136. The Morgan fingerprint density at radius 3 is 3.06 bits per heavy atom. The summed E-state index contributed by atoms with van der Waals surface area (Å²) in [5, 5.41) is 2.93. The Hall–Kier alpha value is -0.650. The molecule has 0 aromatic carbocycles. The second-order valence-corrected chi connectivity index (χ2v) is 4.71. The summed E-state index contributed by atoms with van der Waals surface area (Å²) in [6.45, 7) is 5.11. The second kappa shape index (κ2) is 7.63. The maximum absolute atomic E-state index is 11.9. The summed E-state index contributed by atoms with van der Waals surface area (Å²) in [7, 11) is 1.67. The van der Waals surface area contributed by atoms with Crippen LogP contribution in [0.5, 0.6) is 0 Å². The topological polar surface area (TPSA) is 67.6 Å². The van der Waals surface area contributed by atoms with Crippen LogP contribution in [0.2, 0.25) is 0 Å². The van der Waals surface area contributed by atoms with Crippen LogP contribution in [0.3, 0.4) is 0 Å². The van der Waals surface area contributed by atoms with E-state index in [1.165, 1.54) is 0 Å². The summed E-state index contributed by atoms with van der Waals surface area (Å²) in [5.41, 5.74) is 5.91. The Labute approximate surface area is 104 Å². The van der Waals surface area contributed by atoms with Gasteiger partial charge >= 0.3 is 0 Å². The molecule has 1 amide bonds. The minimum atomic E-state index is -0.0797. The van der Waals surface area contributed by atoms with Gasteiger partial charge in [0.05, 0.1) is 6.04 Å². The fraction of sp³-hybridized carbons (Fsp3) is 0.917. The van der Waals surface area contributed by atoms with Crippen molar-refractivity contribution in [3.63, 3.8) is 0 Å². The van der Waals surface area contributed by atoms with E-state index < -0.39 is 0 Å². The van der Waals surface area contributed by atoms with Crippen LogP contribution in [0.25, 0.3) is 0 Å². The molecule has 0 spiro atoms.